The van der Waals surface area contributed by atoms with Crippen molar-refractivity contribution in [2.45, 2.75) is 44.6 Å². The van der Waals surface area contributed by atoms with Gasteiger partial charge in [0.15, 0.2) is 5.82 Å². The van der Waals surface area contributed by atoms with Crippen LogP contribution in [0.3, 0.4) is 0 Å². The van der Waals surface area contributed by atoms with Gasteiger partial charge in [-0.25, -0.2) is 4.39 Å². The lowest BCUT2D eigenvalue weighted by Crippen LogP contribution is -2.62. The molecule has 188 valence electrons. The van der Waals surface area contributed by atoms with Gasteiger partial charge in [-0.2, -0.15) is 4.31 Å². The van der Waals surface area contributed by atoms with Gasteiger partial charge in [0, 0.05) is 34.0 Å². The molecule has 0 radical (unpaired) electrons. The average molecular weight is 580 g/mol. The number of nitrogens with one attached hydrogen (secondary N) is 1. The third-order valence-corrected chi connectivity index (χ3v) is 10.9. The van der Waals surface area contributed by atoms with Gasteiger partial charge in [-0.05, 0) is 95.3 Å². The predicted octanol–water partition coefficient (Wildman–Crippen LogP) is 4.13. The number of anilines is 1. The van der Waals surface area contributed by atoms with E-state index in [0.717, 1.165) is 25.3 Å². The van der Waals surface area contributed by atoms with Crippen LogP contribution in [0.4, 0.5) is 10.1 Å². The molecule has 1 heterocycles. The maximum Gasteiger partial charge on any atom is 0.236 e. The SMILES string of the molecule is NC(=O)C12CC3CC(C1)C(NC(=O)CN1CCCN(c4c(F)cc(Cl)cc4Br)S1(O)O)C(C3)C2. The molecule has 1 aromatic rings. The number of nitrogens with zero attached hydrogens (tertiary/aromatic N) is 2. The van der Waals surface area contributed by atoms with Gasteiger partial charge >= 0.3 is 0 Å². The molecule has 1 saturated heterocycles. The summed E-state index contributed by atoms with van der Waals surface area (Å²) < 4.78 is 39.6. The van der Waals surface area contributed by atoms with E-state index >= 15 is 0 Å². The van der Waals surface area contributed by atoms with Gasteiger partial charge in [0.1, 0.15) is 5.69 Å². The van der Waals surface area contributed by atoms with Gasteiger partial charge in [-0.3, -0.25) is 23.0 Å². The lowest BCUT2D eigenvalue weighted by molar-refractivity contribution is -0.147. The van der Waals surface area contributed by atoms with Crippen LogP contribution in [0.5, 0.6) is 0 Å². The lowest BCUT2D eigenvalue weighted by Gasteiger charge is -2.59. The molecule has 1 aliphatic heterocycles. The third-order valence-electron chi connectivity index (χ3n) is 8.09. The summed E-state index contributed by atoms with van der Waals surface area (Å²) in [5.41, 5.74) is 5.33. The lowest BCUT2D eigenvalue weighted by atomic mass is 9.47. The summed E-state index contributed by atoms with van der Waals surface area (Å²) in [6, 6.07) is 2.57. The highest BCUT2D eigenvalue weighted by Crippen LogP contribution is 2.60. The van der Waals surface area contributed by atoms with Crippen molar-refractivity contribution >= 4 is 56.0 Å². The molecule has 4 aliphatic carbocycles. The quantitative estimate of drug-likeness (QED) is 0.417. The molecule has 6 rings (SSSR count). The fraction of sp³-hybridized carbons (Fsp3) is 0.636. The van der Waals surface area contributed by atoms with Gasteiger partial charge in [0.2, 0.25) is 11.8 Å². The number of nitrogens with two attached hydrogens (primary N) is 1. The third kappa shape index (κ3) is 4.12. The highest BCUT2D eigenvalue weighted by Gasteiger charge is 2.58. The summed E-state index contributed by atoms with van der Waals surface area (Å²) in [6.45, 7) is 0.302. The van der Waals surface area contributed by atoms with Crippen molar-refractivity contribution in [1.29, 1.82) is 0 Å². The molecule has 4 bridgehead atoms. The number of rotatable bonds is 5. The van der Waals surface area contributed by atoms with Crippen molar-refractivity contribution in [2.75, 3.05) is 23.9 Å². The first-order chi connectivity index (χ1) is 16.0. The van der Waals surface area contributed by atoms with Crippen LogP contribution >= 0.6 is 38.5 Å². The van der Waals surface area contributed by atoms with Crippen molar-refractivity contribution < 1.29 is 23.1 Å². The second kappa shape index (κ2) is 8.77. The van der Waals surface area contributed by atoms with Gasteiger partial charge in [-0.15, -0.1) is 0 Å². The Kier molecular flexibility index (Phi) is 6.34. The smallest absolute Gasteiger partial charge is 0.236 e. The Morgan fingerprint density at radius 1 is 1.24 bits per heavy atom. The topological polar surface area (TPSA) is 119 Å². The second-order valence-electron chi connectivity index (χ2n) is 10.2. The van der Waals surface area contributed by atoms with Crippen LogP contribution in [0.25, 0.3) is 0 Å². The second-order valence-corrected chi connectivity index (χ2v) is 13.5. The molecule has 2 atom stereocenters. The molecule has 4 saturated carbocycles. The number of amides is 2. The predicted molar refractivity (Wildman–Crippen MR) is 133 cm³/mol. The summed E-state index contributed by atoms with van der Waals surface area (Å²) in [5.74, 6) is -0.307. The van der Waals surface area contributed by atoms with Crippen LogP contribution in [0.1, 0.15) is 38.5 Å². The van der Waals surface area contributed by atoms with E-state index in [2.05, 4.69) is 21.2 Å². The Labute approximate surface area is 213 Å². The zero-order valence-electron chi connectivity index (χ0n) is 18.6. The van der Waals surface area contributed by atoms with E-state index in [-0.39, 0.29) is 53.5 Å². The van der Waals surface area contributed by atoms with E-state index in [1.807, 2.05) is 0 Å². The first kappa shape index (κ1) is 24.6. The summed E-state index contributed by atoms with van der Waals surface area (Å²) in [4.78, 5) is 25.2. The number of hydrogen-bond donors (Lipinski definition) is 4. The van der Waals surface area contributed by atoms with Crippen LogP contribution < -0.4 is 15.4 Å². The van der Waals surface area contributed by atoms with Crippen molar-refractivity contribution in [3.8, 4) is 0 Å². The van der Waals surface area contributed by atoms with Crippen molar-refractivity contribution in [2.24, 2.45) is 28.9 Å². The highest BCUT2D eigenvalue weighted by molar-refractivity contribution is 9.10. The minimum absolute atomic E-state index is 0.00676. The Hall–Kier alpha value is -1.11. The van der Waals surface area contributed by atoms with Crippen LogP contribution in [-0.2, 0) is 9.59 Å². The number of primary amides is 1. The minimum Gasteiger partial charge on any atom is -0.369 e. The molecular weight excluding hydrogens is 551 g/mol. The van der Waals surface area contributed by atoms with E-state index in [1.165, 1.54) is 14.7 Å². The molecule has 5 fully saturated rings. The zero-order chi connectivity index (χ0) is 24.4. The van der Waals surface area contributed by atoms with Gasteiger partial charge in [-0.1, -0.05) is 11.6 Å². The summed E-state index contributed by atoms with van der Waals surface area (Å²) in [7, 11) is -3.62. The van der Waals surface area contributed by atoms with Gasteiger partial charge < -0.3 is 11.1 Å². The normalized spacial score (nSPS) is 35.3. The van der Waals surface area contributed by atoms with E-state index in [1.54, 1.807) is 0 Å². The molecule has 34 heavy (non-hydrogen) atoms. The van der Waals surface area contributed by atoms with Crippen LogP contribution in [-0.4, -0.2) is 50.9 Å². The van der Waals surface area contributed by atoms with Crippen LogP contribution in [0.15, 0.2) is 16.6 Å². The number of carbonyl (C=O) groups is 2. The monoisotopic (exact) mass is 578 g/mol. The summed E-state index contributed by atoms with van der Waals surface area (Å²) in [6.07, 6.45) is 4.75. The van der Waals surface area contributed by atoms with Gasteiger partial charge in [0.05, 0.1) is 6.54 Å². The Balaban J connectivity index is 1.29. The highest BCUT2D eigenvalue weighted by atomic mass is 79.9. The fourth-order valence-corrected chi connectivity index (χ4v) is 9.75. The fourth-order valence-electron chi connectivity index (χ4n) is 6.90. The minimum atomic E-state index is -3.62. The van der Waals surface area contributed by atoms with E-state index in [0.29, 0.717) is 36.2 Å². The zero-order valence-corrected chi connectivity index (χ0v) is 21.7. The van der Waals surface area contributed by atoms with Gasteiger partial charge in [0.25, 0.3) is 0 Å². The standard InChI is InChI=1S/C22H29BrClFN4O4S/c23-16-6-15(24)7-17(25)20(16)29-3-1-2-28(34(29,32)33)11-18(30)27-19-13-4-12-5-14(19)10-22(8-12,9-13)21(26)31/h6-7,12-14,19,32-33H,1-5,8-11H2,(H2,26,31)(H,27,30). The number of halogens is 3. The van der Waals surface area contributed by atoms with Crippen molar-refractivity contribution in [1.82, 2.24) is 9.62 Å². The Morgan fingerprint density at radius 3 is 2.53 bits per heavy atom. The molecule has 0 spiro atoms. The molecular formula is C22H29BrClFN4O4S. The first-order valence-corrected chi connectivity index (χ1v) is 14.2. The van der Waals surface area contributed by atoms with Crippen molar-refractivity contribution in [3.63, 3.8) is 0 Å². The van der Waals surface area contributed by atoms with E-state index < -0.39 is 22.2 Å². The Morgan fingerprint density at radius 2 is 1.91 bits per heavy atom. The van der Waals surface area contributed by atoms with E-state index in [9.17, 15) is 23.1 Å². The molecule has 0 aromatic heterocycles. The maximum absolute atomic E-state index is 14.7. The number of benzene rings is 1. The maximum atomic E-state index is 14.7. The number of hydrogen-bond acceptors (Lipinski definition) is 6. The summed E-state index contributed by atoms with van der Waals surface area (Å²) in [5, 5.41) is 3.31. The largest absolute Gasteiger partial charge is 0.369 e. The molecule has 5 N–H and O–H groups in total. The first-order valence-electron chi connectivity index (χ1n) is 11.5. The Bertz CT molecular complexity index is 994. The molecule has 2 amide bonds. The average Bonchev–Trinajstić information content (AvgIpc) is 2.72. The van der Waals surface area contributed by atoms with Crippen LogP contribution in [0, 0.1) is 29.0 Å². The van der Waals surface area contributed by atoms with Crippen molar-refractivity contribution in [3.05, 3.63) is 27.4 Å². The number of carbonyl (C=O) groups excluding carboxylic acids is 2. The molecule has 5 aliphatic rings. The molecule has 12 heteroatoms. The summed E-state index contributed by atoms with van der Waals surface area (Å²) >= 11 is 9.17. The molecule has 8 nitrogen and oxygen atoms in total. The molecule has 2 unspecified atom stereocenters. The van der Waals surface area contributed by atoms with Crippen LogP contribution in [0.2, 0.25) is 5.02 Å². The van der Waals surface area contributed by atoms with E-state index in [4.69, 9.17) is 17.3 Å². The molecule has 1 aromatic carbocycles.